The van der Waals surface area contributed by atoms with Crippen LogP contribution >= 0.6 is 11.8 Å². The molecule has 0 saturated heterocycles. The fraction of sp³-hybridized carbons (Fsp3) is 0.261. The van der Waals surface area contributed by atoms with E-state index in [1.165, 1.54) is 18.2 Å². The van der Waals surface area contributed by atoms with Crippen LogP contribution in [0.25, 0.3) is 10.8 Å². The maximum absolute atomic E-state index is 12.8. The van der Waals surface area contributed by atoms with Gasteiger partial charge in [0.1, 0.15) is 0 Å². The number of thioether (sulfide) groups is 1. The Balaban J connectivity index is 1.47. The normalized spacial score (nSPS) is 11.7. The number of sulfonamides is 1. The van der Waals surface area contributed by atoms with Gasteiger partial charge in [-0.3, -0.25) is 4.79 Å². The summed E-state index contributed by atoms with van der Waals surface area (Å²) in [5.41, 5.74) is 2.48. The summed E-state index contributed by atoms with van der Waals surface area (Å²) in [5.74, 6) is 1.34. The lowest BCUT2D eigenvalue weighted by Gasteiger charge is -2.17. The molecule has 5 nitrogen and oxygen atoms in total. The van der Waals surface area contributed by atoms with E-state index in [-0.39, 0.29) is 17.3 Å². The van der Waals surface area contributed by atoms with E-state index in [4.69, 9.17) is 0 Å². The molecule has 158 valence electrons. The molecule has 1 N–H and O–H groups in total. The highest BCUT2D eigenvalue weighted by Gasteiger charge is 2.23. The summed E-state index contributed by atoms with van der Waals surface area (Å²) in [4.78, 5) is 12.4. The molecule has 1 amide bonds. The van der Waals surface area contributed by atoms with Crippen LogP contribution in [-0.2, 0) is 20.6 Å². The molecule has 0 aromatic heterocycles. The fourth-order valence-electron chi connectivity index (χ4n) is 2.99. The standard InChI is InChI=1S/C23H26N2O3S2/c1-18-7-9-19(10-8-18)17-29-14-13-24-23(26)16-25(2)30(27,28)22-12-11-20-5-3-4-6-21(20)15-22/h3-12,15H,13-14,16-17H2,1-2H3,(H,24,26). The van der Waals surface area contributed by atoms with Crippen molar-refractivity contribution in [1.29, 1.82) is 0 Å². The number of carbonyl (C=O) groups excluding carboxylic acids is 1. The van der Waals surface area contributed by atoms with E-state index in [1.807, 2.05) is 24.3 Å². The molecule has 0 fully saturated rings. The molecule has 0 heterocycles. The minimum absolute atomic E-state index is 0.185. The highest BCUT2D eigenvalue weighted by atomic mass is 32.2. The van der Waals surface area contributed by atoms with Crippen molar-refractivity contribution >= 4 is 38.5 Å². The lowest BCUT2D eigenvalue weighted by molar-refractivity contribution is -0.121. The molecule has 30 heavy (non-hydrogen) atoms. The molecule has 0 spiro atoms. The highest BCUT2D eigenvalue weighted by molar-refractivity contribution is 7.98. The van der Waals surface area contributed by atoms with Crippen molar-refractivity contribution in [3.05, 3.63) is 77.9 Å². The van der Waals surface area contributed by atoms with Gasteiger partial charge in [-0.25, -0.2) is 8.42 Å². The Bertz CT molecular complexity index is 1110. The van der Waals surface area contributed by atoms with Gasteiger partial charge in [0.2, 0.25) is 15.9 Å². The first-order chi connectivity index (χ1) is 14.4. The third kappa shape index (κ3) is 5.84. The number of hydrogen-bond donors (Lipinski definition) is 1. The Hall–Kier alpha value is -2.35. The van der Waals surface area contributed by atoms with Crippen molar-refractivity contribution in [3.63, 3.8) is 0 Å². The number of hydrogen-bond acceptors (Lipinski definition) is 4. The fourth-order valence-corrected chi connectivity index (χ4v) is 4.97. The molecular formula is C23H26N2O3S2. The van der Waals surface area contributed by atoms with Crippen LogP contribution in [0.5, 0.6) is 0 Å². The Kier molecular flexibility index (Phi) is 7.53. The summed E-state index contributed by atoms with van der Waals surface area (Å²) < 4.78 is 26.7. The van der Waals surface area contributed by atoms with E-state index in [2.05, 4.69) is 36.5 Å². The van der Waals surface area contributed by atoms with Crippen LogP contribution in [0.15, 0.2) is 71.6 Å². The molecule has 7 heteroatoms. The quantitative estimate of drug-likeness (QED) is 0.512. The average Bonchev–Trinajstić information content (AvgIpc) is 2.74. The third-order valence-electron chi connectivity index (χ3n) is 4.75. The number of nitrogens with one attached hydrogen (secondary N) is 1. The summed E-state index contributed by atoms with van der Waals surface area (Å²) in [5, 5.41) is 4.62. The predicted octanol–water partition coefficient (Wildman–Crippen LogP) is 3.82. The van der Waals surface area contributed by atoms with Crippen molar-refractivity contribution < 1.29 is 13.2 Å². The largest absolute Gasteiger partial charge is 0.354 e. The van der Waals surface area contributed by atoms with E-state index in [1.54, 1.807) is 30.0 Å². The summed E-state index contributed by atoms with van der Waals surface area (Å²) in [6, 6.07) is 21.0. The number of benzene rings is 3. The van der Waals surface area contributed by atoms with Gasteiger partial charge in [0.25, 0.3) is 0 Å². The molecule has 0 aliphatic heterocycles. The van der Waals surface area contributed by atoms with Gasteiger partial charge < -0.3 is 5.32 Å². The van der Waals surface area contributed by atoms with Crippen LogP contribution in [0, 0.1) is 6.92 Å². The number of amides is 1. The zero-order chi connectivity index (χ0) is 21.6. The van der Waals surface area contributed by atoms with E-state index in [0.717, 1.165) is 26.6 Å². The minimum Gasteiger partial charge on any atom is -0.354 e. The van der Waals surface area contributed by atoms with Gasteiger partial charge in [-0.15, -0.1) is 0 Å². The van der Waals surface area contributed by atoms with Crippen LogP contribution in [0.4, 0.5) is 0 Å². The Morgan fingerprint density at radius 3 is 2.43 bits per heavy atom. The van der Waals surface area contributed by atoms with E-state index in [0.29, 0.717) is 6.54 Å². The number of rotatable bonds is 9. The summed E-state index contributed by atoms with van der Waals surface area (Å²) in [6.45, 7) is 2.35. The predicted molar refractivity (Wildman–Crippen MR) is 124 cm³/mol. The van der Waals surface area contributed by atoms with E-state index >= 15 is 0 Å². The van der Waals surface area contributed by atoms with Crippen molar-refractivity contribution in [1.82, 2.24) is 9.62 Å². The zero-order valence-electron chi connectivity index (χ0n) is 17.2. The van der Waals surface area contributed by atoms with Crippen molar-refractivity contribution in [2.75, 3.05) is 25.9 Å². The number of fused-ring (bicyclic) bond motifs is 1. The van der Waals surface area contributed by atoms with Gasteiger partial charge in [-0.2, -0.15) is 16.1 Å². The first kappa shape index (κ1) is 22.3. The van der Waals surface area contributed by atoms with E-state index < -0.39 is 10.0 Å². The molecule has 3 rings (SSSR count). The maximum Gasteiger partial charge on any atom is 0.243 e. The van der Waals surface area contributed by atoms with Gasteiger partial charge >= 0.3 is 0 Å². The maximum atomic E-state index is 12.8. The van der Waals surface area contributed by atoms with Crippen LogP contribution in [0.2, 0.25) is 0 Å². The monoisotopic (exact) mass is 442 g/mol. The summed E-state index contributed by atoms with van der Waals surface area (Å²) in [7, 11) is -2.31. The van der Waals surface area contributed by atoms with Crippen LogP contribution in [0.3, 0.4) is 0 Å². The Morgan fingerprint density at radius 1 is 1.00 bits per heavy atom. The first-order valence-corrected chi connectivity index (χ1v) is 12.3. The van der Waals surface area contributed by atoms with Crippen LogP contribution in [-0.4, -0.2) is 44.5 Å². The molecule has 0 bridgehead atoms. The number of nitrogens with zero attached hydrogens (tertiary/aromatic N) is 1. The van der Waals surface area contributed by atoms with Crippen molar-refractivity contribution in [2.24, 2.45) is 0 Å². The van der Waals surface area contributed by atoms with Gasteiger partial charge in [-0.05, 0) is 35.4 Å². The topological polar surface area (TPSA) is 66.5 Å². The van der Waals surface area contributed by atoms with Gasteiger partial charge in [0, 0.05) is 25.1 Å². The zero-order valence-corrected chi connectivity index (χ0v) is 18.8. The third-order valence-corrected chi connectivity index (χ3v) is 7.58. The highest BCUT2D eigenvalue weighted by Crippen LogP contribution is 2.21. The first-order valence-electron chi connectivity index (χ1n) is 9.71. The molecular weight excluding hydrogens is 416 g/mol. The van der Waals surface area contributed by atoms with Crippen LogP contribution in [0.1, 0.15) is 11.1 Å². The smallest absolute Gasteiger partial charge is 0.243 e. The number of aryl methyl sites for hydroxylation is 1. The molecule has 0 atom stereocenters. The Labute approximate surface area is 182 Å². The summed E-state index contributed by atoms with van der Waals surface area (Å²) >= 11 is 1.73. The molecule has 3 aromatic rings. The number of likely N-dealkylation sites (N-methyl/N-ethyl adjacent to an activating group) is 1. The second-order valence-corrected chi connectivity index (χ2v) is 10.3. The van der Waals surface area contributed by atoms with Gasteiger partial charge in [0.15, 0.2) is 0 Å². The van der Waals surface area contributed by atoms with Crippen molar-refractivity contribution in [3.8, 4) is 0 Å². The molecule has 0 unspecified atom stereocenters. The second-order valence-electron chi connectivity index (χ2n) is 7.16. The summed E-state index contributed by atoms with van der Waals surface area (Å²) in [6.07, 6.45) is 0. The molecule has 0 aliphatic rings. The molecule has 3 aromatic carbocycles. The lowest BCUT2D eigenvalue weighted by atomic mass is 10.1. The lowest BCUT2D eigenvalue weighted by Crippen LogP contribution is -2.39. The molecule has 0 saturated carbocycles. The van der Waals surface area contributed by atoms with Gasteiger partial charge in [0.05, 0.1) is 11.4 Å². The minimum atomic E-state index is -3.73. The molecule has 0 radical (unpaired) electrons. The van der Waals surface area contributed by atoms with Gasteiger partial charge in [-0.1, -0.05) is 60.2 Å². The number of carbonyl (C=O) groups is 1. The van der Waals surface area contributed by atoms with Crippen LogP contribution < -0.4 is 5.32 Å². The SMILES string of the molecule is Cc1ccc(CSCCNC(=O)CN(C)S(=O)(=O)c2ccc3ccccc3c2)cc1. The van der Waals surface area contributed by atoms with E-state index in [9.17, 15) is 13.2 Å². The second kappa shape index (κ2) is 10.1. The average molecular weight is 443 g/mol. The Morgan fingerprint density at radius 2 is 1.70 bits per heavy atom. The molecule has 0 aliphatic carbocycles. The van der Waals surface area contributed by atoms with Crippen molar-refractivity contribution in [2.45, 2.75) is 17.6 Å².